The first-order valence-corrected chi connectivity index (χ1v) is 8.44. The maximum absolute atomic E-state index is 12.6. The van der Waals surface area contributed by atoms with Gasteiger partial charge in [0.2, 0.25) is 0 Å². The maximum Gasteiger partial charge on any atom is 0.331 e. The highest BCUT2D eigenvalue weighted by molar-refractivity contribution is 5.97. The molecule has 0 aliphatic heterocycles. The SMILES string of the molecule is CCOC(=O)C(NC(=O)c1ccc(OC)c(OC)c1)C(O)c1ccccc1. The number of benzene rings is 2. The van der Waals surface area contributed by atoms with E-state index in [1.54, 1.807) is 43.3 Å². The Morgan fingerprint density at radius 3 is 2.30 bits per heavy atom. The van der Waals surface area contributed by atoms with Gasteiger partial charge in [0.25, 0.3) is 5.91 Å². The summed E-state index contributed by atoms with van der Waals surface area (Å²) < 4.78 is 15.3. The van der Waals surface area contributed by atoms with E-state index in [1.807, 2.05) is 0 Å². The normalized spacial score (nSPS) is 12.6. The van der Waals surface area contributed by atoms with Gasteiger partial charge < -0.3 is 24.6 Å². The van der Waals surface area contributed by atoms with Crippen LogP contribution in [-0.4, -0.2) is 43.9 Å². The molecular weight excluding hydrogens is 350 g/mol. The summed E-state index contributed by atoms with van der Waals surface area (Å²) in [7, 11) is 2.95. The summed E-state index contributed by atoms with van der Waals surface area (Å²) in [6, 6.07) is 11.9. The fourth-order valence-electron chi connectivity index (χ4n) is 2.54. The number of hydrogen-bond donors (Lipinski definition) is 2. The Labute approximate surface area is 157 Å². The molecule has 7 heteroatoms. The molecule has 2 N–H and O–H groups in total. The molecular formula is C20H23NO6. The molecule has 0 bridgehead atoms. The summed E-state index contributed by atoms with van der Waals surface area (Å²) in [6.45, 7) is 1.78. The van der Waals surface area contributed by atoms with Gasteiger partial charge in [-0.25, -0.2) is 4.79 Å². The van der Waals surface area contributed by atoms with Crippen LogP contribution in [0.5, 0.6) is 11.5 Å². The number of rotatable bonds is 8. The second-order valence-electron chi connectivity index (χ2n) is 5.63. The zero-order valence-electron chi connectivity index (χ0n) is 15.5. The number of methoxy groups -OCH3 is 2. The molecule has 1 amide bonds. The molecule has 0 aliphatic rings. The first-order chi connectivity index (χ1) is 13.0. The van der Waals surface area contributed by atoms with E-state index in [0.717, 1.165) is 0 Å². The monoisotopic (exact) mass is 373 g/mol. The molecule has 0 heterocycles. The fourth-order valence-corrected chi connectivity index (χ4v) is 2.54. The van der Waals surface area contributed by atoms with Crippen LogP contribution in [0.2, 0.25) is 0 Å². The summed E-state index contributed by atoms with van der Waals surface area (Å²) in [5.41, 5.74) is 0.741. The van der Waals surface area contributed by atoms with E-state index in [-0.39, 0.29) is 12.2 Å². The fraction of sp³-hybridized carbons (Fsp3) is 0.300. The number of carbonyl (C=O) groups excluding carboxylic acids is 2. The van der Waals surface area contributed by atoms with E-state index in [2.05, 4.69) is 5.32 Å². The average molecular weight is 373 g/mol. The van der Waals surface area contributed by atoms with Crippen LogP contribution in [0.4, 0.5) is 0 Å². The quantitative estimate of drug-likeness (QED) is 0.688. The lowest BCUT2D eigenvalue weighted by molar-refractivity contribution is -0.148. The van der Waals surface area contributed by atoms with Crippen LogP contribution in [0.3, 0.4) is 0 Å². The zero-order valence-corrected chi connectivity index (χ0v) is 15.5. The lowest BCUT2D eigenvalue weighted by Gasteiger charge is -2.23. The molecule has 0 saturated heterocycles. The molecule has 2 rings (SSSR count). The van der Waals surface area contributed by atoms with Crippen LogP contribution < -0.4 is 14.8 Å². The maximum atomic E-state index is 12.6. The molecule has 0 aliphatic carbocycles. The Morgan fingerprint density at radius 1 is 1.04 bits per heavy atom. The van der Waals surface area contributed by atoms with Crippen molar-refractivity contribution in [2.75, 3.05) is 20.8 Å². The van der Waals surface area contributed by atoms with Crippen molar-refractivity contribution in [2.45, 2.75) is 19.1 Å². The average Bonchev–Trinajstić information content (AvgIpc) is 2.71. The van der Waals surface area contributed by atoms with Gasteiger partial charge in [0.05, 0.1) is 20.8 Å². The van der Waals surface area contributed by atoms with Crippen molar-refractivity contribution >= 4 is 11.9 Å². The van der Waals surface area contributed by atoms with Crippen LogP contribution >= 0.6 is 0 Å². The zero-order chi connectivity index (χ0) is 19.8. The van der Waals surface area contributed by atoms with Gasteiger partial charge in [0.1, 0.15) is 6.10 Å². The van der Waals surface area contributed by atoms with E-state index < -0.39 is 24.0 Å². The number of aliphatic hydroxyl groups excluding tert-OH is 1. The Bertz CT molecular complexity index is 777. The minimum Gasteiger partial charge on any atom is -0.493 e. The largest absolute Gasteiger partial charge is 0.493 e. The van der Waals surface area contributed by atoms with E-state index in [9.17, 15) is 14.7 Å². The minimum absolute atomic E-state index is 0.128. The third-order valence-electron chi connectivity index (χ3n) is 3.93. The van der Waals surface area contributed by atoms with Gasteiger partial charge in [-0.05, 0) is 30.7 Å². The number of nitrogens with one attached hydrogen (secondary N) is 1. The number of carbonyl (C=O) groups is 2. The molecule has 2 aromatic carbocycles. The van der Waals surface area contributed by atoms with Crippen molar-refractivity contribution in [3.8, 4) is 11.5 Å². The van der Waals surface area contributed by atoms with Gasteiger partial charge in [0.15, 0.2) is 17.5 Å². The first-order valence-electron chi connectivity index (χ1n) is 8.44. The molecule has 0 radical (unpaired) electrons. The summed E-state index contributed by atoms with van der Waals surface area (Å²) in [5.74, 6) is -0.423. The summed E-state index contributed by atoms with van der Waals surface area (Å²) >= 11 is 0. The summed E-state index contributed by atoms with van der Waals surface area (Å²) in [6.07, 6.45) is -1.26. The van der Waals surface area contributed by atoms with Gasteiger partial charge in [-0.2, -0.15) is 0 Å². The van der Waals surface area contributed by atoms with Gasteiger partial charge in [0, 0.05) is 5.56 Å². The summed E-state index contributed by atoms with van der Waals surface area (Å²) in [5, 5.41) is 13.1. The highest BCUT2D eigenvalue weighted by Gasteiger charge is 2.31. The van der Waals surface area contributed by atoms with Crippen LogP contribution in [-0.2, 0) is 9.53 Å². The van der Waals surface area contributed by atoms with Crippen molar-refractivity contribution in [2.24, 2.45) is 0 Å². The van der Waals surface area contributed by atoms with Gasteiger partial charge in [-0.1, -0.05) is 30.3 Å². The number of hydrogen-bond acceptors (Lipinski definition) is 6. The Balaban J connectivity index is 2.26. The van der Waals surface area contributed by atoms with Crippen molar-refractivity contribution in [3.05, 3.63) is 59.7 Å². The Kier molecular flexibility index (Phi) is 7.19. The Hall–Kier alpha value is -3.06. The van der Waals surface area contributed by atoms with Crippen LogP contribution in [0.1, 0.15) is 28.9 Å². The molecule has 2 unspecified atom stereocenters. The van der Waals surface area contributed by atoms with Gasteiger partial charge >= 0.3 is 5.97 Å². The predicted molar refractivity (Wildman–Crippen MR) is 98.8 cm³/mol. The molecule has 0 saturated carbocycles. The number of esters is 1. The van der Waals surface area contributed by atoms with E-state index in [4.69, 9.17) is 14.2 Å². The second kappa shape index (κ2) is 9.59. The van der Waals surface area contributed by atoms with Crippen LogP contribution in [0, 0.1) is 0 Å². The van der Waals surface area contributed by atoms with E-state index in [1.165, 1.54) is 26.4 Å². The molecule has 0 spiro atoms. The van der Waals surface area contributed by atoms with Crippen molar-refractivity contribution in [1.29, 1.82) is 0 Å². The highest BCUT2D eigenvalue weighted by atomic mass is 16.5. The van der Waals surface area contributed by atoms with Gasteiger partial charge in [-0.3, -0.25) is 4.79 Å². The lowest BCUT2D eigenvalue weighted by atomic mass is 10.0. The van der Waals surface area contributed by atoms with Crippen molar-refractivity contribution < 1.29 is 28.9 Å². The lowest BCUT2D eigenvalue weighted by Crippen LogP contribution is -2.46. The molecule has 2 aromatic rings. The minimum atomic E-state index is -1.26. The molecule has 144 valence electrons. The topological polar surface area (TPSA) is 94.1 Å². The second-order valence-corrected chi connectivity index (χ2v) is 5.63. The third-order valence-corrected chi connectivity index (χ3v) is 3.93. The molecule has 7 nitrogen and oxygen atoms in total. The highest BCUT2D eigenvalue weighted by Crippen LogP contribution is 2.27. The van der Waals surface area contributed by atoms with Crippen molar-refractivity contribution in [1.82, 2.24) is 5.32 Å². The number of aliphatic hydroxyl groups is 1. The standard InChI is InChI=1S/C20H23NO6/c1-4-27-20(24)17(18(22)13-8-6-5-7-9-13)21-19(23)14-10-11-15(25-2)16(12-14)26-3/h5-12,17-18,22H,4H2,1-3H3,(H,21,23). The predicted octanol–water partition coefficient (Wildman–Crippen LogP) is 2.10. The molecule has 27 heavy (non-hydrogen) atoms. The summed E-state index contributed by atoms with van der Waals surface area (Å²) in [4.78, 5) is 24.9. The smallest absolute Gasteiger partial charge is 0.331 e. The van der Waals surface area contributed by atoms with Crippen molar-refractivity contribution in [3.63, 3.8) is 0 Å². The van der Waals surface area contributed by atoms with E-state index >= 15 is 0 Å². The van der Waals surface area contributed by atoms with Crippen LogP contribution in [0.25, 0.3) is 0 Å². The van der Waals surface area contributed by atoms with Gasteiger partial charge in [-0.15, -0.1) is 0 Å². The molecule has 0 fully saturated rings. The Morgan fingerprint density at radius 2 is 1.70 bits per heavy atom. The third kappa shape index (κ3) is 4.98. The number of amides is 1. The molecule has 2 atom stereocenters. The first kappa shape index (κ1) is 20.3. The van der Waals surface area contributed by atoms with E-state index in [0.29, 0.717) is 17.1 Å². The molecule has 0 aromatic heterocycles. The van der Waals surface area contributed by atoms with Crippen LogP contribution in [0.15, 0.2) is 48.5 Å². The number of ether oxygens (including phenoxy) is 3.